The van der Waals surface area contributed by atoms with Crippen LogP contribution in [0.1, 0.15) is 11.1 Å². The van der Waals surface area contributed by atoms with E-state index in [1.54, 1.807) is 19.1 Å². The van der Waals surface area contributed by atoms with Gasteiger partial charge in [0.25, 0.3) is 0 Å². The highest BCUT2D eigenvalue weighted by molar-refractivity contribution is 7.90. The van der Waals surface area contributed by atoms with E-state index < -0.39 is 15.7 Å². The number of anilines is 1. The third-order valence-corrected chi connectivity index (χ3v) is 4.20. The average molecular weight is 311 g/mol. The second kappa shape index (κ2) is 5.81. The van der Waals surface area contributed by atoms with Crippen molar-refractivity contribution in [2.75, 3.05) is 11.6 Å². The Morgan fingerprint density at radius 2 is 1.76 bits per heavy atom. The highest BCUT2D eigenvalue weighted by atomic mass is 32.2. The first-order valence-corrected chi connectivity index (χ1v) is 8.15. The zero-order valence-corrected chi connectivity index (χ0v) is 12.5. The molecule has 6 heteroatoms. The summed E-state index contributed by atoms with van der Waals surface area (Å²) in [5.41, 5.74) is 1.24. The van der Waals surface area contributed by atoms with Gasteiger partial charge in [-0.05, 0) is 42.3 Å². The fourth-order valence-corrected chi connectivity index (χ4v) is 2.46. The zero-order chi connectivity index (χ0) is 15.6. The Labute approximate surface area is 122 Å². The van der Waals surface area contributed by atoms with Gasteiger partial charge in [-0.1, -0.05) is 12.1 Å². The Balaban J connectivity index is 2.21. The van der Waals surface area contributed by atoms with E-state index in [4.69, 9.17) is 0 Å². The van der Waals surface area contributed by atoms with Crippen LogP contribution < -0.4 is 5.32 Å². The minimum atomic E-state index is -3.40. The predicted octanol–water partition coefficient (Wildman–Crippen LogP) is 3.29. The van der Waals surface area contributed by atoms with E-state index in [9.17, 15) is 17.2 Å². The van der Waals surface area contributed by atoms with Gasteiger partial charge in [-0.3, -0.25) is 0 Å². The molecular formula is C15H15F2NO2S. The van der Waals surface area contributed by atoms with Gasteiger partial charge in [-0.15, -0.1) is 0 Å². The van der Waals surface area contributed by atoms with Gasteiger partial charge in [0.2, 0.25) is 0 Å². The van der Waals surface area contributed by atoms with E-state index in [0.717, 1.165) is 12.3 Å². The van der Waals surface area contributed by atoms with Gasteiger partial charge in [0.05, 0.1) is 10.6 Å². The monoisotopic (exact) mass is 311 g/mol. The SMILES string of the molecule is Cc1ccc(CNc2cc(S(C)(=O)=O)ccc2F)cc1F. The summed E-state index contributed by atoms with van der Waals surface area (Å²) in [6, 6.07) is 8.26. The van der Waals surface area contributed by atoms with E-state index >= 15 is 0 Å². The van der Waals surface area contributed by atoms with Crippen molar-refractivity contribution in [3.05, 3.63) is 59.2 Å². The van der Waals surface area contributed by atoms with Crippen LogP contribution in [0.2, 0.25) is 0 Å². The maximum Gasteiger partial charge on any atom is 0.175 e. The lowest BCUT2D eigenvalue weighted by atomic mass is 10.1. The van der Waals surface area contributed by atoms with Crippen molar-refractivity contribution in [2.24, 2.45) is 0 Å². The molecule has 0 fully saturated rings. The van der Waals surface area contributed by atoms with Crippen molar-refractivity contribution in [1.82, 2.24) is 0 Å². The Morgan fingerprint density at radius 3 is 2.38 bits per heavy atom. The standard InChI is InChI=1S/C15H15F2NO2S/c1-10-3-4-11(7-14(10)17)9-18-15-8-12(21(2,19)20)5-6-13(15)16/h3-8,18H,9H2,1-2H3. The van der Waals surface area contributed by atoms with E-state index in [2.05, 4.69) is 5.32 Å². The van der Waals surface area contributed by atoms with E-state index in [-0.39, 0.29) is 22.9 Å². The number of benzene rings is 2. The number of nitrogens with one attached hydrogen (secondary N) is 1. The first kappa shape index (κ1) is 15.4. The minimum absolute atomic E-state index is 0.0292. The molecule has 0 spiro atoms. The van der Waals surface area contributed by atoms with Crippen LogP contribution >= 0.6 is 0 Å². The highest BCUT2D eigenvalue weighted by Gasteiger charge is 2.11. The summed E-state index contributed by atoms with van der Waals surface area (Å²) in [5, 5.41) is 2.78. The molecule has 21 heavy (non-hydrogen) atoms. The van der Waals surface area contributed by atoms with E-state index in [1.165, 1.54) is 18.2 Å². The number of sulfone groups is 1. The molecule has 0 aromatic heterocycles. The Hall–Kier alpha value is -1.95. The number of aryl methyl sites for hydroxylation is 1. The molecule has 3 nitrogen and oxygen atoms in total. The van der Waals surface area contributed by atoms with Crippen molar-refractivity contribution >= 4 is 15.5 Å². The fraction of sp³-hybridized carbons (Fsp3) is 0.200. The molecule has 0 aliphatic carbocycles. The van der Waals surface area contributed by atoms with Gasteiger partial charge in [-0.2, -0.15) is 0 Å². The smallest absolute Gasteiger partial charge is 0.175 e. The summed E-state index contributed by atoms with van der Waals surface area (Å²) < 4.78 is 50.0. The Bertz CT molecular complexity index is 773. The lowest BCUT2D eigenvalue weighted by molar-refractivity contribution is 0.600. The van der Waals surface area contributed by atoms with Crippen LogP contribution in [-0.2, 0) is 16.4 Å². The number of hydrogen-bond donors (Lipinski definition) is 1. The minimum Gasteiger partial charge on any atom is -0.379 e. The zero-order valence-electron chi connectivity index (χ0n) is 11.7. The maximum atomic E-state index is 13.7. The van der Waals surface area contributed by atoms with Crippen LogP contribution in [0.4, 0.5) is 14.5 Å². The molecule has 2 rings (SSSR count). The Morgan fingerprint density at radius 1 is 1.05 bits per heavy atom. The normalized spacial score (nSPS) is 11.4. The fourth-order valence-electron chi connectivity index (χ4n) is 1.81. The number of rotatable bonds is 4. The van der Waals surface area contributed by atoms with Crippen LogP contribution in [0.25, 0.3) is 0 Å². The first-order chi connectivity index (χ1) is 9.77. The molecule has 0 amide bonds. The first-order valence-electron chi connectivity index (χ1n) is 6.26. The molecule has 0 saturated heterocycles. The summed E-state index contributed by atoms with van der Waals surface area (Å²) >= 11 is 0. The maximum absolute atomic E-state index is 13.7. The van der Waals surface area contributed by atoms with Gasteiger partial charge in [-0.25, -0.2) is 17.2 Å². The van der Waals surface area contributed by atoms with Crippen molar-refractivity contribution < 1.29 is 17.2 Å². The summed E-state index contributed by atoms with van der Waals surface area (Å²) in [4.78, 5) is 0.0292. The van der Waals surface area contributed by atoms with Crippen LogP contribution in [0, 0.1) is 18.6 Å². The molecule has 0 atom stereocenters. The molecular weight excluding hydrogens is 296 g/mol. The van der Waals surface area contributed by atoms with E-state index in [1.807, 2.05) is 0 Å². The molecule has 1 N–H and O–H groups in total. The van der Waals surface area contributed by atoms with E-state index in [0.29, 0.717) is 11.1 Å². The van der Waals surface area contributed by atoms with Crippen molar-refractivity contribution in [2.45, 2.75) is 18.4 Å². The molecule has 0 saturated carbocycles. The van der Waals surface area contributed by atoms with Crippen LogP contribution in [0.15, 0.2) is 41.3 Å². The van der Waals surface area contributed by atoms with Crippen molar-refractivity contribution in [3.63, 3.8) is 0 Å². The quantitative estimate of drug-likeness (QED) is 0.881. The van der Waals surface area contributed by atoms with Crippen molar-refractivity contribution in [1.29, 1.82) is 0 Å². The largest absolute Gasteiger partial charge is 0.379 e. The molecule has 0 aliphatic heterocycles. The Kier molecular flexibility index (Phi) is 4.27. The van der Waals surface area contributed by atoms with Crippen LogP contribution in [0.5, 0.6) is 0 Å². The molecule has 0 radical (unpaired) electrons. The lowest BCUT2D eigenvalue weighted by Crippen LogP contribution is -2.04. The number of hydrogen-bond acceptors (Lipinski definition) is 3. The molecule has 0 aliphatic rings. The summed E-state index contributed by atoms with van der Waals surface area (Å²) in [5.74, 6) is -0.894. The summed E-state index contributed by atoms with van der Waals surface area (Å²) in [7, 11) is -3.40. The second-order valence-corrected chi connectivity index (χ2v) is 6.87. The topological polar surface area (TPSA) is 46.2 Å². The van der Waals surface area contributed by atoms with Gasteiger partial charge < -0.3 is 5.32 Å². The molecule has 0 unspecified atom stereocenters. The third kappa shape index (κ3) is 3.78. The van der Waals surface area contributed by atoms with Crippen molar-refractivity contribution in [3.8, 4) is 0 Å². The van der Waals surface area contributed by atoms with Gasteiger partial charge in [0, 0.05) is 12.8 Å². The molecule has 2 aromatic rings. The molecule has 0 heterocycles. The molecule has 112 valence electrons. The second-order valence-electron chi connectivity index (χ2n) is 4.85. The van der Waals surface area contributed by atoms with Gasteiger partial charge in [0.15, 0.2) is 9.84 Å². The highest BCUT2D eigenvalue weighted by Crippen LogP contribution is 2.20. The van der Waals surface area contributed by atoms with Gasteiger partial charge in [0.1, 0.15) is 11.6 Å². The average Bonchev–Trinajstić information content (AvgIpc) is 2.40. The molecule has 0 bridgehead atoms. The van der Waals surface area contributed by atoms with Crippen LogP contribution in [-0.4, -0.2) is 14.7 Å². The third-order valence-electron chi connectivity index (χ3n) is 3.09. The molecule has 2 aromatic carbocycles. The van der Waals surface area contributed by atoms with Crippen LogP contribution in [0.3, 0.4) is 0 Å². The lowest BCUT2D eigenvalue weighted by Gasteiger charge is -2.10. The van der Waals surface area contributed by atoms with Gasteiger partial charge >= 0.3 is 0 Å². The summed E-state index contributed by atoms with van der Waals surface area (Å²) in [6.45, 7) is 1.85. The predicted molar refractivity (Wildman–Crippen MR) is 78.0 cm³/mol. The summed E-state index contributed by atoms with van der Waals surface area (Å²) in [6.07, 6.45) is 1.05. The number of halogens is 2.